The summed E-state index contributed by atoms with van der Waals surface area (Å²) in [6, 6.07) is 9.55. The molecule has 3 heterocycles. The largest absolute Gasteiger partial charge is 0.388 e. The molecule has 1 N–H and O–H groups in total. The summed E-state index contributed by atoms with van der Waals surface area (Å²) in [5, 5.41) is 16.2. The van der Waals surface area contributed by atoms with Crippen molar-refractivity contribution in [1.29, 1.82) is 5.26 Å². The molecule has 0 spiro atoms. The second-order valence-corrected chi connectivity index (χ2v) is 4.32. The lowest BCUT2D eigenvalue weighted by molar-refractivity contribution is 0.940. The van der Waals surface area contributed by atoms with Crippen molar-refractivity contribution in [3.05, 3.63) is 42.2 Å². The molecule has 0 unspecified atom stereocenters. The molecule has 0 aliphatic heterocycles. The molecule has 0 bridgehead atoms. The van der Waals surface area contributed by atoms with Crippen molar-refractivity contribution >= 4 is 24.5 Å². The van der Waals surface area contributed by atoms with E-state index in [9.17, 15) is 0 Å². The maximum absolute atomic E-state index is 8.89. The van der Waals surface area contributed by atoms with E-state index in [0.717, 1.165) is 22.6 Å². The molecular formula is C16H16BN5. The van der Waals surface area contributed by atoms with Crippen molar-refractivity contribution in [2.45, 2.75) is 13.8 Å². The molecule has 0 atom stereocenters. The molecule has 108 valence electrons. The lowest BCUT2D eigenvalue weighted by atomic mass is 9.96. The van der Waals surface area contributed by atoms with Crippen LogP contribution in [0.5, 0.6) is 0 Å². The molecule has 22 heavy (non-hydrogen) atoms. The molecule has 0 aliphatic carbocycles. The molecule has 3 rings (SSSR count). The van der Waals surface area contributed by atoms with Gasteiger partial charge in [-0.25, -0.2) is 4.52 Å². The Hall–Kier alpha value is -2.81. The van der Waals surface area contributed by atoms with Gasteiger partial charge in [-0.3, -0.25) is 4.98 Å². The fourth-order valence-electron chi connectivity index (χ4n) is 2.08. The Morgan fingerprint density at radius 3 is 2.68 bits per heavy atom. The highest BCUT2D eigenvalue weighted by molar-refractivity contribution is 6.35. The van der Waals surface area contributed by atoms with Crippen LogP contribution < -0.4 is 10.8 Å². The third-order valence-corrected chi connectivity index (χ3v) is 3.10. The second kappa shape index (κ2) is 6.77. The van der Waals surface area contributed by atoms with Gasteiger partial charge in [0.2, 0.25) is 0 Å². The topological polar surface area (TPSA) is 66.0 Å². The highest BCUT2D eigenvalue weighted by Crippen LogP contribution is 2.21. The molecule has 3 aromatic heterocycles. The Labute approximate surface area is 131 Å². The molecule has 3 aromatic rings. The highest BCUT2D eigenvalue weighted by Gasteiger charge is 2.09. The maximum Gasteiger partial charge on any atom is 0.118 e. The van der Waals surface area contributed by atoms with Gasteiger partial charge in [-0.1, -0.05) is 19.3 Å². The first-order chi connectivity index (χ1) is 10.7. The Morgan fingerprint density at radius 1 is 1.23 bits per heavy atom. The Morgan fingerprint density at radius 2 is 2.00 bits per heavy atom. The number of rotatable bonds is 2. The SMILES string of the molecule is CC.[B]c1cnc(-c2ccc3cc(C#N)cnn23)cc1NC. The summed E-state index contributed by atoms with van der Waals surface area (Å²) in [6.45, 7) is 4.00. The van der Waals surface area contributed by atoms with E-state index in [1.165, 1.54) is 6.20 Å². The van der Waals surface area contributed by atoms with E-state index >= 15 is 0 Å². The molecule has 0 fully saturated rings. The van der Waals surface area contributed by atoms with Crippen LogP contribution in [0.3, 0.4) is 0 Å². The van der Waals surface area contributed by atoms with Gasteiger partial charge in [0.1, 0.15) is 13.9 Å². The highest BCUT2D eigenvalue weighted by atomic mass is 15.2. The molecule has 0 saturated carbocycles. The van der Waals surface area contributed by atoms with Crippen LogP contribution in [0, 0.1) is 11.3 Å². The minimum Gasteiger partial charge on any atom is -0.388 e. The van der Waals surface area contributed by atoms with Crippen LogP contribution in [-0.2, 0) is 0 Å². The summed E-state index contributed by atoms with van der Waals surface area (Å²) in [6.07, 6.45) is 3.15. The summed E-state index contributed by atoms with van der Waals surface area (Å²) < 4.78 is 1.75. The van der Waals surface area contributed by atoms with Crippen molar-refractivity contribution < 1.29 is 0 Å². The predicted molar refractivity (Wildman–Crippen MR) is 89.4 cm³/mol. The zero-order valence-electron chi connectivity index (χ0n) is 12.8. The lowest BCUT2D eigenvalue weighted by Gasteiger charge is -2.08. The molecule has 0 aromatic carbocycles. The summed E-state index contributed by atoms with van der Waals surface area (Å²) >= 11 is 0. The molecule has 0 aliphatic rings. The van der Waals surface area contributed by atoms with Crippen molar-refractivity contribution in [2.24, 2.45) is 0 Å². The van der Waals surface area contributed by atoms with Gasteiger partial charge in [-0.05, 0) is 24.3 Å². The standard InChI is InChI=1S/C14H10BN5.C2H6/c1-17-12-5-13(18-8-11(12)15)14-3-2-10-4-9(6-16)7-19-20(10)14;1-2/h2-5,7-8H,1H3,(H,17,18);1-2H3. The zero-order valence-corrected chi connectivity index (χ0v) is 12.8. The molecular weight excluding hydrogens is 273 g/mol. The minimum absolute atomic E-state index is 0.531. The minimum atomic E-state index is 0.531. The molecule has 2 radical (unpaired) electrons. The average molecular weight is 289 g/mol. The van der Waals surface area contributed by atoms with Crippen LogP contribution in [0.1, 0.15) is 19.4 Å². The third kappa shape index (κ3) is 2.79. The third-order valence-electron chi connectivity index (χ3n) is 3.10. The quantitative estimate of drug-likeness (QED) is 0.734. The summed E-state index contributed by atoms with van der Waals surface area (Å²) in [5.74, 6) is 0. The first-order valence-electron chi connectivity index (χ1n) is 7.04. The van der Waals surface area contributed by atoms with Crippen LogP contribution in [0.2, 0.25) is 0 Å². The predicted octanol–water partition coefficient (Wildman–Crippen LogP) is 2.13. The van der Waals surface area contributed by atoms with E-state index in [1.807, 2.05) is 39.1 Å². The zero-order chi connectivity index (χ0) is 16.1. The summed E-state index contributed by atoms with van der Waals surface area (Å²) in [7, 11) is 7.63. The van der Waals surface area contributed by atoms with Crippen LogP contribution in [0.4, 0.5) is 5.69 Å². The van der Waals surface area contributed by atoms with E-state index in [1.54, 1.807) is 16.8 Å². The average Bonchev–Trinajstić information content (AvgIpc) is 3.00. The van der Waals surface area contributed by atoms with Crippen molar-refractivity contribution in [2.75, 3.05) is 12.4 Å². The Bertz CT molecular complexity index is 832. The molecule has 0 amide bonds. The Balaban J connectivity index is 0.000000847. The van der Waals surface area contributed by atoms with Crippen molar-refractivity contribution in [3.8, 4) is 17.5 Å². The van der Waals surface area contributed by atoms with Gasteiger partial charge in [-0.15, -0.1) is 0 Å². The van der Waals surface area contributed by atoms with Gasteiger partial charge in [0, 0.05) is 18.9 Å². The van der Waals surface area contributed by atoms with Gasteiger partial charge >= 0.3 is 0 Å². The lowest BCUT2D eigenvalue weighted by Crippen LogP contribution is -2.11. The first-order valence-corrected chi connectivity index (χ1v) is 7.04. The van der Waals surface area contributed by atoms with Crippen LogP contribution >= 0.6 is 0 Å². The number of nitriles is 1. The van der Waals surface area contributed by atoms with E-state index in [4.69, 9.17) is 13.1 Å². The Kier molecular flexibility index (Phi) is 4.79. The van der Waals surface area contributed by atoms with E-state index in [-0.39, 0.29) is 0 Å². The van der Waals surface area contributed by atoms with Crippen LogP contribution in [0.25, 0.3) is 16.9 Å². The number of hydrogen-bond donors (Lipinski definition) is 1. The number of fused-ring (bicyclic) bond motifs is 1. The number of nitrogens with zero attached hydrogens (tertiary/aromatic N) is 4. The van der Waals surface area contributed by atoms with Gasteiger partial charge in [-0.2, -0.15) is 10.4 Å². The second-order valence-electron chi connectivity index (χ2n) is 4.32. The van der Waals surface area contributed by atoms with Gasteiger partial charge in [0.15, 0.2) is 0 Å². The number of nitrogens with one attached hydrogen (secondary N) is 1. The molecule has 5 nitrogen and oxygen atoms in total. The van der Waals surface area contributed by atoms with Gasteiger partial charge in [0.25, 0.3) is 0 Å². The monoisotopic (exact) mass is 289 g/mol. The van der Waals surface area contributed by atoms with Crippen LogP contribution in [-0.4, -0.2) is 29.5 Å². The normalized spacial score (nSPS) is 9.73. The van der Waals surface area contributed by atoms with E-state index in [2.05, 4.69) is 21.5 Å². The van der Waals surface area contributed by atoms with E-state index < -0.39 is 0 Å². The number of hydrogen-bond acceptors (Lipinski definition) is 4. The fourth-order valence-corrected chi connectivity index (χ4v) is 2.08. The smallest absolute Gasteiger partial charge is 0.118 e. The first kappa shape index (κ1) is 15.6. The van der Waals surface area contributed by atoms with E-state index in [0.29, 0.717) is 11.0 Å². The summed E-state index contributed by atoms with van der Waals surface area (Å²) in [4.78, 5) is 4.33. The number of anilines is 1. The van der Waals surface area contributed by atoms with Crippen molar-refractivity contribution in [3.63, 3.8) is 0 Å². The van der Waals surface area contributed by atoms with Crippen LogP contribution in [0.15, 0.2) is 36.7 Å². The van der Waals surface area contributed by atoms with Gasteiger partial charge < -0.3 is 5.32 Å². The molecule has 6 heteroatoms. The fraction of sp³-hybridized carbons (Fsp3) is 0.188. The van der Waals surface area contributed by atoms with Gasteiger partial charge in [0.05, 0.1) is 28.7 Å². The number of pyridine rings is 1. The molecule has 0 saturated heterocycles. The number of aromatic nitrogens is 3. The van der Waals surface area contributed by atoms with Crippen molar-refractivity contribution in [1.82, 2.24) is 14.6 Å². The summed E-state index contributed by atoms with van der Waals surface area (Å²) in [5.41, 5.74) is 4.41. The maximum atomic E-state index is 8.89.